The Balaban J connectivity index is 2.23. The molecule has 2 unspecified atom stereocenters. The van der Waals surface area contributed by atoms with E-state index in [1.165, 1.54) is 0 Å². The maximum absolute atomic E-state index is 12.4. The molecular weight excluding hydrogens is 258 g/mol. The van der Waals surface area contributed by atoms with Gasteiger partial charge < -0.3 is 5.73 Å². The van der Waals surface area contributed by atoms with Crippen LogP contribution in [0.3, 0.4) is 0 Å². The highest BCUT2D eigenvalue weighted by atomic mass is 35.5. The van der Waals surface area contributed by atoms with Gasteiger partial charge in [-0.25, -0.2) is 0 Å². The van der Waals surface area contributed by atoms with Gasteiger partial charge in [0.2, 0.25) is 0 Å². The molecule has 0 fully saturated rings. The first-order chi connectivity index (χ1) is 9.11. The van der Waals surface area contributed by atoms with E-state index in [1.807, 2.05) is 37.3 Å². The molecule has 19 heavy (non-hydrogen) atoms. The SMILES string of the molecule is CC(C(=O)c1ccccc1Cl)C(N)c1ccccc1. The van der Waals surface area contributed by atoms with Crippen molar-refractivity contribution in [2.24, 2.45) is 11.7 Å². The first-order valence-electron chi connectivity index (χ1n) is 6.20. The van der Waals surface area contributed by atoms with Crippen molar-refractivity contribution in [1.29, 1.82) is 0 Å². The first kappa shape index (κ1) is 13.8. The molecule has 0 aliphatic carbocycles. The van der Waals surface area contributed by atoms with E-state index in [-0.39, 0.29) is 17.7 Å². The lowest BCUT2D eigenvalue weighted by molar-refractivity contribution is 0.0913. The Morgan fingerprint density at radius 2 is 1.63 bits per heavy atom. The number of carbonyl (C=O) groups is 1. The van der Waals surface area contributed by atoms with Crippen LogP contribution in [-0.4, -0.2) is 5.78 Å². The van der Waals surface area contributed by atoms with Gasteiger partial charge >= 0.3 is 0 Å². The van der Waals surface area contributed by atoms with E-state index >= 15 is 0 Å². The molecule has 2 aromatic carbocycles. The van der Waals surface area contributed by atoms with E-state index in [2.05, 4.69) is 0 Å². The van der Waals surface area contributed by atoms with E-state index in [9.17, 15) is 4.79 Å². The molecule has 2 atom stereocenters. The number of carbonyl (C=O) groups excluding carboxylic acids is 1. The van der Waals surface area contributed by atoms with Gasteiger partial charge in [0.15, 0.2) is 5.78 Å². The van der Waals surface area contributed by atoms with Crippen LogP contribution < -0.4 is 5.73 Å². The van der Waals surface area contributed by atoms with Crippen LogP contribution in [0.4, 0.5) is 0 Å². The highest BCUT2D eigenvalue weighted by Gasteiger charge is 2.24. The zero-order chi connectivity index (χ0) is 13.8. The molecule has 0 spiro atoms. The summed E-state index contributed by atoms with van der Waals surface area (Å²) in [5.41, 5.74) is 7.65. The number of nitrogens with two attached hydrogens (primary N) is 1. The lowest BCUT2D eigenvalue weighted by Crippen LogP contribution is -2.26. The molecule has 0 bridgehead atoms. The zero-order valence-electron chi connectivity index (χ0n) is 10.7. The van der Waals surface area contributed by atoms with Crippen LogP contribution in [0.1, 0.15) is 28.9 Å². The summed E-state index contributed by atoms with van der Waals surface area (Å²) in [6.07, 6.45) is 0. The maximum Gasteiger partial charge on any atom is 0.169 e. The molecule has 0 heterocycles. The van der Waals surface area contributed by atoms with Crippen molar-refractivity contribution in [3.63, 3.8) is 0 Å². The topological polar surface area (TPSA) is 43.1 Å². The van der Waals surface area contributed by atoms with E-state index in [1.54, 1.807) is 24.3 Å². The molecular formula is C16H16ClNO. The van der Waals surface area contributed by atoms with Gasteiger partial charge in [-0.05, 0) is 17.7 Å². The van der Waals surface area contributed by atoms with Crippen molar-refractivity contribution in [2.45, 2.75) is 13.0 Å². The predicted octanol–water partition coefficient (Wildman–Crippen LogP) is 3.86. The average Bonchev–Trinajstić information content (AvgIpc) is 2.46. The van der Waals surface area contributed by atoms with Gasteiger partial charge in [0.1, 0.15) is 0 Å². The molecule has 0 aliphatic heterocycles. The van der Waals surface area contributed by atoms with Crippen molar-refractivity contribution in [1.82, 2.24) is 0 Å². The van der Waals surface area contributed by atoms with Gasteiger partial charge in [-0.3, -0.25) is 4.79 Å². The van der Waals surface area contributed by atoms with Gasteiger partial charge in [0.05, 0.1) is 5.02 Å². The number of halogens is 1. The summed E-state index contributed by atoms with van der Waals surface area (Å²) in [7, 11) is 0. The van der Waals surface area contributed by atoms with Crippen LogP contribution in [0.5, 0.6) is 0 Å². The largest absolute Gasteiger partial charge is 0.323 e. The molecule has 0 aliphatic rings. The summed E-state index contributed by atoms with van der Waals surface area (Å²) in [5.74, 6) is -0.343. The fourth-order valence-electron chi connectivity index (χ4n) is 2.03. The van der Waals surface area contributed by atoms with Crippen LogP contribution in [0, 0.1) is 5.92 Å². The quantitative estimate of drug-likeness (QED) is 0.860. The van der Waals surface area contributed by atoms with Crippen molar-refractivity contribution >= 4 is 17.4 Å². The highest BCUT2D eigenvalue weighted by molar-refractivity contribution is 6.34. The Labute approximate surface area is 118 Å². The second kappa shape index (κ2) is 6.00. The molecule has 2 rings (SSSR count). The van der Waals surface area contributed by atoms with Crippen LogP contribution >= 0.6 is 11.6 Å². The second-order valence-electron chi connectivity index (χ2n) is 4.57. The van der Waals surface area contributed by atoms with Gasteiger partial charge in [-0.2, -0.15) is 0 Å². The fourth-order valence-corrected chi connectivity index (χ4v) is 2.26. The third kappa shape index (κ3) is 3.03. The van der Waals surface area contributed by atoms with Crippen molar-refractivity contribution in [3.05, 3.63) is 70.7 Å². The number of Topliss-reactive ketones (excluding diaryl/α,β-unsaturated/α-hetero) is 1. The highest BCUT2D eigenvalue weighted by Crippen LogP contribution is 2.25. The van der Waals surface area contributed by atoms with Crippen LogP contribution in [0.2, 0.25) is 5.02 Å². The molecule has 0 saturated carbocycles. The number of benzene rings is 2. The standard InChI is InChI=1S/C16H16ClNO/c1-11(15(18)12-7-3-2-4-8-12)16(19)13-9-5-6-10-14(13)17/h2-11,15H,18H2,1H3. The summed E-state index contributed by atoms with van der Waals surface area (Å²) >= 11 is 6.05. The molecule has 2 aromatic rings. The molecule has 2 nitrogen and oxygen atoms in total. The van der Waals surface area contributed by atoms with Gasteiger partial charge in [-0.15, -0.1) is 0 Å². The second-order valence-corrected chi connectivity index (χ2v) is 4.98. The summed E-state index contributed by atoms with van der Waals surface area (Å²) < 4.78 is 0. The lowest BCUT2D eigenvalue weighted by atomic mass is 9.89. The van der Waals surface area contributed by atoms with E-state index in [0.717, 1.165) is 5.56 Å². The third-order valence-electron chi connectivity index (χ3n) is 3.28. The van der Waals surface area contributed by atoms with Crippen LogP contribution in [0.25, 0.3) is 0 Å². The molecule has 2 N–H and O–H groups in total. The minimum atomic E-state index is -0.329. The van der Waals surface area contributed by atoms with E-state index in [0.29, 0.717) is 10.6 Å². The molecule has 0 saturated heterocycles. The monoisotopic (exact) mass is 273 g/mol. The smallest absolute Gasteiger partial charge is 0.169 e. The van der Waals surface area contributed by atoms with Gasteiger partial charge in [0, 0.05) is 17.5 Å². The van der Waals surface area contributed by atoms with E-state index < -0.39 is 0 Å². The number of ketones is 1. The van der Waals surface area contributed by atoms with Crippen LogP contribution in [-0.2, 0) is 0 Å². The summed E-state index contributed by atoms with van der Waals surface area (Å²) in [6.45, 7) is 1.84. The normalized spacial score (nSPS) is 13.8. The Morgan fingerprint density at radius 1 is 1.05 bits per heavy atom. The molecule has 0 aromatic heterocycles. The molecule has 0 radical (unpaired) electrons. The Hall–Kier alpha value is -1.64. The molecule has 98 valence electrons. The molecule has 0 amide bonds. The summed E-state index contributed by atoms with van der Waals surface area (Å²) in [4.78, 5) is 12.4. The minimum Gasteiger partial charge on any atom is -0.323 e. The van der Waals surface area contributed by atoms with Crippen molar-refractivity contribution in [3.8, 4) is 0 Å². The Kier molecular flexibility index (Phi) is 4.35. The van der Waals surface area contributed by atoms with Gasteiger partial charge in [-0.1, -0.05) is 61.0 Å². The number of rotatable bonds is 4. The minimum absolute atomic E-state index is 0.0260. The lowest BCUT2D eigenvalue weighted by Gasteiger charge is -2.19. The molecule has 3 heteroatoms. The number of hydrogen-bond acceptors (Lipinski definition) is 2. The van der Waals surface area contributed by atoms with Crippen LogP contribution in [0.15, 0.2) is 54.6 Å². The first-order valence-corrected chi connectivity index (χ1v) is 6.58. The number of hydrogen-bond donors (Lipinski definition) is 1. The van der Waals surface area contributed by atoms with E-state index in [4.69, 9.17) is 17.3 Å². The van der Waals surface area contributed by atoms with Crippen molar-refractivity contribution in [2.75, 3.05) is 0 Å². The fraction of sp³-hybridized carbons (Fsp3) is 0.188. The Bertz CT molecular complexity index is 568. The maximum atomic E-state index is 12.4. The third-order valence-corrected chi connectivity index (χ3v) is 3.61. The van der Waals surface area contributed by atoms with Crippen molar-refractivity contribution < 1.29 is 4.79 Å². The predicted molar refractivity (Wildman–Crippen MR) is 78.3 cm³/mol. The summed E-state index contributed by atoms with van der Waals surface area (Å²) in [5, 5.41) is 0.472. The van der Waals surface area contributed by atoms with Gasteiger partial charge in [0.25, 0.3) is 0 Å². The summed E-state index contributed by atoms with van der Waals surface area (Å²) in [6, 6.07) is 16.4. The Morgan fingerprint density at radius 3 is 2.26 bits per heavy atom. The zero-order valence-corrected chi connectivity index (χ0v) is 11.5. The average molecular weight is 274 g/mol.